The summed E-state index contributed by atoms with van der Waals surface area (Å²) in [5.41, 5.74) is 1.57. The van der Waals surface area contributed by atoms with Gasteiger partial charge in [0.25, 0.3) is 0 Å². The number of ether oxygens (including phenoxy) is 2. The number of nitrogens with one attached hydrogen (secondary N) is 1. The summed E-state index contributed by atoms with van der Waals surface area (Å²) >= 11 is 0. The van der Waals surface area contributed by atoms with E-state index in [1.807, 2.05) is 0 Å². The molecule has 1 aliphatic rings. The molecule has 7 nitrogen and oxygen atoms in total. The van der Waals surface area contributed by atoms with Crippen molar-refractivity contribution in [2.24, 2.45) is 0 Å². The number of Topliss-reactive ketones (excluding diaryl/α,β-unsaturated/α-hetero) is 1. The number of benzene rings is 1. The third-order valence-corrected chi connectivity index (χ3v) is 3.63. The first-order valence-electron chi connectivity index (χ1n) is 7.58. The molecule has 0 spiro atoms. The van der Waals surface area contributed by atoms with Gasteiger partial charge in [-0.3, -0.25) is 14.6 Å². The van der Waals surface area contributed by atoms with Gasteiger partial charge in [-0.2, -0.15) is 0 Å². The minimum atomic E-state index is -1.66. The second-order valence-electron chi connectivity index (χ2n) is 6.60. The van der Waals surface area contributed by atoms with Crippen LogP contribution < -0.4 is 10.4 Å². The van der Waals surface area contributed by atoms with E-state index in [0.29, 0.717) is 11.3 Å². The van der Waals surface area contributed by atoms with E-state index in [-0.39, 0.29) is 6.54 Å². The van der Waals surface area contributed by atoms with Gasteiger partial charge < -0.3 is 9.47 Å². The highest BCUT2D eigenvalue weighted by Crippen LogP contribution is 2.38. The van der Waals surface area contributed by atoms with Crippen molar-refractivity contribution >= 4 is 23.4 Å². The Bertz CT molecular complexity index is 680. The van der Waals surface area contributed by atoms with Crippen molar-refractivity contribution in [3.63, 3.8) is 0 Å². The van der Waals surface area contributed by atoms with E-state index in [1.165, 1.54) is 19.0 Å². The third-order valence-electron chi connectivity index (χ3n) is 3.63. The summed E-state index contributed by atoms with van der Waals surface area (Å²) in [4.78, 5) is 36.8. The smallest absolute Gasteiger partial charge is 0.340 e. The number of hydrogen-bond donors (Lipinski definition) is 1. The van der Waals surface area contributed by atoms with Crippen molar-refractivity contribution in [1.29, 1.82) is 0 Å². The molecule has 0 saturated carbocycles. The minimum absolute atomic E-state index is 0.152. The number of carbonyl (C=O) groups excluding carboxylic acids is 3. The average molecular weight is 334 g/mol. The Kier molecular flexibility index (Phi) is 4.66. The van der Waals surface area contributed by atoms with E-state index in [4.69, 9.17) is 9.47 Å². The zero-order chi connectivity index (χ0) is 18.1. The monoisotopic (exact) mass is 334 g/mol. The second-order valence-corrected chi connectivity index (χ2v) is 6.60. The number of methoxy groups -OCH3 is 1. The normalized spacial score (nSPS) is 19.6. The number of esters is 2. The molecule has 1 atom stereocenters. The lowest BCUT2D eigenvalue weighted by Gasteiger charge is -2.27. The van der Waals surface area contributed by atoms with Gasteiger partial charge in [-0.25, -0.2) is 10.2 Å². The first-order valence-corrected chi connectivity index (χ1v) is 7.58. The number of para-hydroxylation sites is 1. The van der Waals surface area contributed by atoms with Gasteiger partial charge in [0.15, 0.2) is 5.78 Å². The van der Waals surface area contributed by atoms with Crippen LogP contribution >= 0.6 is 0 Å². The molecule has 1 unspecified atom stereocenters. The first kappa shape index (κ1) is 17.9. The topological polar surface area (TPSA) is 84.9 Å². The lowest BCUT2D eigenvalue weighted by atomic mass is 9.87. The number of anilines is 1. The van der Waals surface area contributed by atoms with Crippen LogP contribution in [0.2, 0.25) is 0 Å². The van der Waals surface area contributed by atoms with Crippen LogP contribution in [0.4, 0.5) is 5.69 Å². The molecule has 0 aromatic heterocycles. The van der Waals surface area contributed by atoms with Gasteiger partial charge in [0.2, 0.25) is 5.54 Å². The summed E-state index contributed by atoms with van der Waals surface area (Å²) in [7, 11) is 1.22. The van der Waals surface area contributed by atoms with Crippen LogP contribution in [0.1, 0.15) is 33.3 Å². The van der Waals surface area contributed by atoms with E-state index < -0.39 is 28.9 Å². The van der Waals surface area contributed by atoms with E-state index >= 15 is 0 Å². The highest BCUT2D eigenvalue weighted by molar-refractivity contribution is 6.11. The summed E-state index contributed by atoms with van der Waals surface area (Å²) in [5.74, 6) is -1.63. The summed E-state index contributed by atoms with van der Waals surface area (Å²) in [6, 6.07) is 6.87. The molecule has 2 rings (SSSR count). The van der Waals surface area contributed by atoms with E-state index in [0.717, 1.165) is 0 Å². The SMILES string of the molecule is COC(=O)C1(C(C)=O)NN(CC(=O)OC(C)(C)C)c2ccccc21. The van der Waals surface area contributed by atoms with Crippen LogP contribution in [0.3, 0.4) is 0 Å². The zero-order valence-corrected chi connectivity index (χ0v) is 14.5. The second kappa shape index (κ2) is 6.24. The van der Waals surface area contributed by atoms with Crippen molar-refractivity contribution in [1.82, 2.24) is 5.43 Å². The Labute approximate surface area is 140 Å². The lowest BCUT2D eigenvalue weighted by molar-refractivity contribution is -0.156. The highest BCUT2D eigenvalue weighted by atomic mass is 16.6. The van der Waals surface area contributed by atoms with Gasteiger partial charge in [0.05, 0.1) is 12.8 Å². The van der Waals surface area contributed by atoms with Gasteiger partial charge in [-0.1, -0.05) is 18.2 Å². The number of hydrogen-bond acceptors (Lipinski definition) is 7. The Hall–Kier alpha value is -2.41. The standard InChI is InChI=1S/C17H22N2O5/c1-11(20)17(15(22)23-5)12-8-6-7-9-13(12)19(18-17)10-14(21)24-16(2,3)4/h6-9,18H,10H2,1-5H3. The molecule has 1 aromatic rings. The molecular weight excluding hydrogens is 312 g/mol. The van der Waals surface area contributed by atoms with Gasteiger partial charge >= 0.3 is 11.9 Å². The molecule has 0 aliphatic carbocycles. The summed E-state index contributed by atoms with van der Waals surface area (Å²) in [6.45, 7) is 6.46. The number of nitrogens with zero attached hydrogens (tertiary/aromatic N) is 1. The predicted octanol–water partition coefficient (Wildman–Crippen LogP) is 1.31. The first-order chi connectivity index (χ1) is 11.1. The van der Waals surface area contributed by atoms with Crippen molar-refractivity contribution in [2.75, 3.05) is 18.7 Å². The molecule has 0 radical (unpaired) electrons. The van der Waals surface area contributed by atoms with Crippen LogP contribution in [-0.2, 0) is 29.4 Å². The minimum Gasteiger partial charge on any atom is -0.467 e. The molecule has 1 N–H and O–H groups in total. The number of hydrazine groups is 1. The van der Waals surface area contributed by atoms with E-state index in [9.17, 15) is 14.4 Å². The number of ketones is 1. The quantitative estimate of drug-likeness (QED) is 0.656. The van der Waals surface area contributed by atoms with Crippen molar-refractivity contribution in [3.8, 4) is 0 Å². The molecule has 0 bridgehead atoms. The van der Waals surface area contributed by atoms with Crippen molar-refractivity contribution in [2.45, 2.75) is 38.8 Å². The van der Waals surface area contributed by atoms with Gasteiger partial charge in [-0.05, 0) is 33.8 Å². The zero-order valence-electron chi connectivity index (χ0n) is 14.5. The Balaban J connectivity index is 2.40. The maximum atomic E-state index is 12.4. The van der Waals surface area contributed by atoms with Crippen molar-refractivity contribution in [3.05, 3.63) is 29.8 Å². The van der Waals surface area contributed by atoms with Crippen molar-refractivity contribution < 1.29 is 23.9 Å². The number of rotatable bonds is 4. The van der Waals surface area contributed by atoms with Gasteiger partial charge in [-0.15, -0.1) is 0 Å². The average Bonchev–Trinajstić information content (AvgIpc) is 2.80. The van der Waals surface area contributed by atoms with E-state index in [2.05, 4.69) is 5.43 Å². The van der Waals surface area contributed by atoms with Crippen LogP contribution in [0, 0.1) is 0 Å². The molecule has 0 fully saturated rings. The third kappa shape index (κ3) is 3.12. The summed E-state index contributed by atoms with van der Waals surface area (Å²) in [5, 5.41) is 1.45. The Morgan fingerprint density at radius 3 is 2.38 bits per heavy atom. The number of carbonyl (C=O) groups is 3. The highest BCUT2D eigenvalue weighted by Gasteiger charge is 2.54. The number of fused-ring (bicyclic) bond motifs is 1. The molecule has 130 valence electrons. The maximum Gasteiger partial charge on any atom is 0.340 e. The molecule has 0 amide bonds. The fraction of sp³-hybridized carbons (Fsp3) is 0.471. The fourth-order valence-electron chi connectivity index (χ4n) is 2.70. The molecule has 1 aromatic carbocycles. The van der Waals surface area contributed by atoms with Crippen LogP contribution in [0.5, 0.6) is 0 Å². The molecule has 1 heterocycles. The fourth-order valence-corrected chi connectivity index (χ4v) is 2.70. The van der Waals surface area contributed by atoms with Gasteiger partial charge in [0.1, 0.15) is 12.1 Å². The largest absolute Gasteiger partial charge is 0.467 e. The van der Waals surface area contributed by atoms with Crippen LogP contribution in [-0.4, -0.2) is 37.0 Å². The summed E-state index contributed by atoms with van der Waals surface area (Å²) < 4.78 is 10.1. The Morgan fingerprint density at radius 2 is 1.83 bits per heavy atom. The van der Waals surface area contributed by atoms with Crippen LogP contribution in [0.25, 0.3) is 0 Å². The molecule has 1 aliphatic heterocycles. The predicted molar refractivity (Wildman–Crippen MR) is 87.1 cm³/mol. The van der Waals surface area contributed by atoms with Gasteiger partial charge in [0, 0.05) is 5.56 Å². The van der Waals surface area contributed by atoms with Crippen LogP contribution in [0.15, 0.2) is 24.3 Å². The van der Waals surface area contributed by atoms with E-state index in [1.54, 1.807) is 45.0 Å². The lowest BCUT2D eigenvalue weighted by Crippen LogP contribution is -2.57. The molecule has 24 heavy (non-hydrogen) atoms. The molecular formula is C17H22N2O5. The molecule has 7 heteroatoms. The Morgan fingerprint density at radius 1 is 1.21 bits per heavy atom. The summed E-state index contributed by atoms with van der Waals surface area (Å²) in [6.07, 6.45) is 0. The molecule has 0 saturated heterocycles. The maximum absolute atomic E-state index is 12.4.